The maximum absolute atomic E-state index is 7.50. The Bertz CT molecular complexity index is 298. The fraction of sp³-hybridized carbons (Fsp3) is 0.960. The van der Waals surface area contributed by atoms with E-state index in [1.165, 1.54) is 96.3 Å². The summed E-state index contributed by atoms with van der Waals surface area (Å²) in [5.74, 6) is 0. The molecular formula is C25H52Mo2OP2. The fourth-order valence-corrected chi connectivity index (χ4v) is 6.75. The average molecular weight is 623 g/mol. The Kier molecular flexibility index (Phi) is 33.4. The monoisotopic (exact) mass is 626 g/mol. The molecule has 1 nitrogen and oxygen atoms in total. The molecule has 0 spiro atoms. The van der Waals surface area contributed by atoms with Gasteiger partial charge in [-0.3, -0.25) is 0 Å². The van der Waals surface area contributed by atoms with Gasteiger partial charge in [-0.25, -0.2) is 0 Å². The van der Waals surface area contributed by atoms with E-state index in [1.54, 1.807) is 0 Å². The van der Waals surface area contributed by atoms with Gasteiger partial charge in [0.05, 0.1) is 0 Å². The zero-order valence-corrected chi connectivity index (χ0v) is 27.2. The van der Waals surface area contributed by atoms with Crippen molar-refractivity contribution in [1.82, 2.24) is 0 Å². The van der Waals surface area contributed by atoms with Gasteiger partial charge in [-0.2, -0.15) is 0 Å². The third kappa shape index (κ3) is 37.3. The molecule has 0 N–H and O–H groups in total. The molecule has 3 fully saturated rings. The Balaban J connectivity index is -0.000000146. The quantitative estimate of drug-likeness (QED) is 0.111. The first-order chi connectivity index (χ1) is 13.1. The minimum Gasteiger partial charge on any atom is 0 e. The van der Waals surface area contributed by atoms with Crippen LogP contribution in [0.3, 0.4) is 0 Å². The minimum absolute atomic E-state index is 0. The van der Waals surface area contributed by atoms with Crippen LogP contribution in [0.2, 0.25) is 0 Å². The van der Waals surface area contributed by atoms with E-state index in [0.29, 0.717) is 10.3 Å². The summed E-state index contributed by atoms with van der Waals surface area (Å²) in [5.41, 5.74) is 0.953. The number of rotatable bonds is 0. The Morgan fingerprint density at radius 2 is 0.767 bits per heavy atom. The molecule has 0 saturated heterocycles. The molecule has 30 heavy (non-hydrogen) atoms. The smallest absolute Gasteiger partial charge is 0 e. The third-order valence-electron chi connectivity index (χ3n) is 4.90. The van der Waals surface area contributed by atoms with Crippen molar-refractivity contribution < 1.29 is 46.8 Å². The standard InChI is InChI=1S/C8H19P.C6H13P.2C5H10.CO.2Mo/c1-7(2,3)9-8(4,5)6;7-6-4-2-1-3-5-6;2*1-2-4-5-3-1;1-2;;/h9H,1-6H3;6H,1-5,7H2;2*1-5H2;;;. The number of hydrogen-bond donors (Lipinski definition) is 0. The average Bonchev–Trinajstić information content (AvgIpc) is 3.33. The zero-order valence-electron chi connectivity index (χ0n) is 21.0. The predicted molar refractivity (Wildman–Crippen MR) is 135 cm³/mol. The largest absolute Gasteiger partial charge is 0 e. The van der Waals surface area contributed by atoms with Gasteiger partial charge < -0.3 is 0 Å². The molecule has 0 aliphatic heterocycles. The van der Waals surface area contributed by atoms with Gasteiger partial charge in [0.25, 0.3) is 0 Å². The van der Waals surface area contributed by atoms with Gasteiger partial charge >= 0.3 is 11.3 Å². The molecule has 1 unspecified atom stereocenters. The molecule has 3 aliphatic rings. The second-order valence-electron chi connectivity index (χ2n) is 10.6. The van der Waals surface area contributed by atoms with Crippen LogP contribution in [0, 0.1) is 6.65 Å². The molecule has 0 aromatic carbocycles. The molecule has 0 aromatic heterocycles. The summed E-state index contributed by atoms with van der Waals surface area (Å²) in [6.07, 6.45) is 22.3. The molecule has 3 aliphatic carbocycles. The van der Waals surface area contributed by atoms with E-state index >= 15 is 0 Å². The molecule has 0 bridgehead atoms. The summed E-state index contributed by atoms with van der Waals surface area (Å²) in [7, 11) is 3.96. The Morgan fingerprint density at radius 1 is 0.567 bits per heavy atom. The van der Waals surface area contributed by atoms with Crippen molar-refractivity contribution >= 4 is 17.8 Å². The maximum Gasteiger partial charge on any atom is 0 e. The van der Waals surface area contributed by atoms with E-state index in [-0.39, 0.29) is 42.1 Å². The van der Waals surface area contributed by atoms with Crippen molar-refractivity contribution in [2.75, 3.05) is 0 Å². The third-order valence-corrected chi connectivity index (χ3v) is 7.07. The Morgan fingerprint density at radius 3 is 0.867 bits per heavy atom. The summed E-state index contributed by atoms with van der Waals surface area (Å²) < 4.78 is 7.50. The van der Waals surface area contributed by atoms with E-state index in [0.717, 1.165) is 14.2 Å². The van der Waals surface area contributed by atoms with Crippen LogP contribution in [-0.4, -0.2) is 16.0 Å². The van der Waals surface area contributed by atoms with Crippen LogP contribution in [0.4, 0.5) is 0 Å². The SMILES string of the molecule is C1CCCC1.C1CCCC1.CC(C)(C)PC(C)(C)C.PC1CCCCC1.[C-]#[O+].[Mo].[Mo]. The molecular weight excluding hydrogens is 570 g/mol. The minimum atomic E-state index is 0. The maximum atomic E-state index is 7.50. The summed E-state index contributed by atoms with van der Waals surface area (Å²) in [4.78, 5) is 0. The van der Waals surface area contributed by atoms with Gasteiger partial charge in [0.2, 0.25) is 0 Å². The zero-order chi connectivity index (χ0) is 21.9. The second-order valence-corrected chi connectivity index (χ2v) is 14.8. The molecule has 0 heterocycles. The van der Waals surface area contributed by atoms with E-state index in [2.05, 4.69) is 57.4 Å². The van der Waals surface area contributed by atoms with Crippen LogP contribution in [-0.2, 0) is 46.8 Å². The molecule has 5 heteroatoms. The van der Waals surface area contributed by atoms with E-state index in [9.17, 15) is 0 Å². The predicted octanol–water partition coefficient (Wildman–Crippen LogP) is 9.31. The molecule has 180 valence electrons. The second kappa shape index (κ2) is 25.6. The van der Waals surface area contributed by atoms with Crippen LogP contribution >= 0.6 is 17.8 Å². The van der Waals surface area contributed by atoms with Crippen molar-refractivity contribution in [3.05, 3.63) is 6.65 Å². The molecule has 0 radical (unpaired) electrons. The molecule has 3 saturated carbocycles. The van der Waals surface area contributed by atoms with Gasteiger partial charge in [-0.1, -0.05) is 125 Å². The van der Waals surface area contributed by atoms with Crippen molar-refractivity contribution in [1.29, 1.82) is 0 Å². The summed E-state index contributed by atoms with van der Waals surface area (Å²) in [5, 5.41) is 1.02. The molecule has 3 rings (SSSR count). The van der Waals surface area contributed by atoms with Crippen molar-refractivity contribution in [3.63, 3.8) is 0 Å². The van der Waals surface area contributed by atoms with Crippen molar-refractivity contribution in [3.8, 4) is 0 Å². The van der Waals surface area contributed by atoms with Gasteiger partial charge in [-0.15, -0.1) is 17.8 Å². The van der Waals surface area contributed by atoms with Gasteiger partial charge in [0, 0.05) is 42.1 Å². The van der Waals surface area contributed by atoms with Crippen LogP contribution in [0.5, 0.6) is 0 Å². The molecule has 0 aromatic rings. The van der Waals surface area contributed by atoms with Crippen LogP contribution < -0.4 is 0 Å². The van der Waals surface area contributed by atoms with Crippen LogP contribution in [0.15, 0.2) is 0 Å². The molecule has 0 amide bonds. The van der Waals surface area contributed by atoms with Crippen LogP contribution in [0.25, 0.3) is 0 Å². The van der Waals surface area contributed by atoms with E-state index < -0.39 is 0 Å². The number of hydrogen-bond acceptors (Lipinski definition) is 0. The van der Waals surface area contributed by atoms with E-state index in [1.807, 2.05) is 0 Å². The Hall–Kier alpha value is 1.98. The first-order valence-corrected chi connectivity index (χ1v) is 13.5. The fourth-order valence-electron chi connectivity index (χ4n) is 4.03. The molecule has 1 atom stereocenters. The summed E-state index contributed by atoms with van der Waals surface area (Å²) in [6, 6.07) is 0. The Labute approximate surface area is 223 Å². The van der Waals surface area contributed by atoms with Crippen molar-refractivity contribution in [2.45, 2.75) is 154 Å². The van der Waals surface area contributed by atoms with Gasteiger partial charge in [0.15, 0.2) is 0 Å². The van der Waals surface area contributed by atoms with E-state index in [4.69, 9.17) is 4.65 Å². The topological polar surface area (TPSA) is 19.9 Å². The normalized spacial score (nSPS) is 18.2. The van der Waals surface area contributed by atoms with Gasteiger partial charge in [0.1, 0.15) is 0 Å². The van der Waals surface area contributed by atoms with Crippen LogP contribution in [0.1, 0.15) is 138 Å². The summed E-state index contributed by atoms with van der Waals surface area (Å²) in [6.45, 7) is 18.3. The van der Waals surface area contributed by atoms with Crippen molar-refractivity contribution in [2.24, 2.45) is 0 Å². The van der Waals surface area contributed by atoms with Gasteiger partial charge in [-0.05, 0) is 28.8 Å². The summed E-state index contributed by atoms with van der Waals surface area (Å²) >= 11 is 0. The first kappa shape index (κ1) is 39.2. The first-order valence-electron chi connectivity index (χ1n) is 11.9.